The number of likely N-dealkylation sites (N-methyl/N-ethyl adjacent to an activating group) is 1. The minimum Gasteiger partial charge on any atom is -0.469 e. The average molecular weight is 307 g/mol. The van der Waals surface area contributed by atoms with Crippen LogP contribution in [0.5, 0.6) is 0 Å². The number of ether oxygens (including phenoxy) is 1. The number of nitrogens with zero attached hydrogens (tertiary/aromatic N) is 2. The maximum absolute atomic E-state index is 12.4. The topological polar surface area (TPSA) is 96.0 Å². The summed E-state index contributed by atoms with van der Waals surface area (Å²) in [5.41, 5.74) is 0. The second-order valence-electron chi connectivity index (χ2n) is 4.54. The van der Waals surface area contributed by atoms with Crippen molar-refractivity contribution in [3.05, 3.63) is 0 Å². The Labute approximate surface area is 119 Å². The second kappa shape index (κ2) is 7.00. The quantitative estimate of drug-likeness (QED) is 0.631. The Kier molecular flexibility index (Phi) is 5.90. The van der Waals surface area contributed by atoms with Gasteiger partial charge in [-0.2, -0.15) is 17.0 Å². The molecule has 0 saturated carbocycles. The minimum atomic E-state index is -3.75. The van der Waals surface area contributed by atoms with Crippen LogP contribution >= 0.6 is 0 Å². The second-order valence-corrected chi connectivity index (χ2v) is 6.53. The first-order valence-electron chi connectivity index (χ1n) is 6.36. The molecule has 0 spiro atoms. The third kappa shape index (κ3) is 3.68. The predicted molar refractivity (Wildman–Crippen MR) is 72.0 cm³/mol. The van der Waals surface area contributed by atoms with Gasteiger partial charge < -0.3 is 10.1 Å². The van der Waals surface area contributed by atoms with E-state index in [0.717, 1.165) is 4.31 Å². The molecule has 1 amide bonds. The summed E-state index contributed by atoms with van der Waals surface area (Å²) in [6.07, 6.45) is 1.12. The van der Waals surface area contributed by atoms with Gasteiger partial charge in [-0.15, -0.1) is 0 Å². The normalized spacial score (nSPS) is 20.1. The maximum atomic E-state index is 12.4. The number of hydrogen-bond donors (Lipinski definition) is 1. The predicted octanol–water partition coefficient (Wildman–Crippen LogP) is -1.06. The summed E-state index contributed by atoms with van der Waals surface area (Å²) in [7, 11) is 0.365. The molecule has 1 fully saturated rings. The zero-order valence-electron chi connectivity index (χ0n) is 12.0. The van der Waals surface area contributed by atoms with Gasteiger partial charge in [0.15, 0.2) is 0 Å². The average Bonchev–Trinajstić information content (AvgIpc) is 2.93. The van der Waals surface area contributed by atoms with E-state index in [1.165, 1.54) is 25.5 Å². The van der Waals surface area contributed by atoms with E-state index in [0.29, 0.717) is 19.4 Å². The van der Waals surface area contributed by atoms with E-state index in [1.54, 1.807) is 0 Å². The lowest BCUT2D eigenvalue weighted by atomic mass is 10.2. The van der Waals surface area contributed by atoms with Gasteiger partial charge in [0.25, 0.3) is 10.2 Å². The van der Waals surface area contributed by atoms with E-state index in [-0.39, 0.29) is 18.9 Å². The molecule has 1 heterocycles. The number of carbonyl (C=O) groups excluding carboxylic acids is 2. The van der Waals surface area contributed by atoms with E-state index in [4.69, 9.17) is 0 Å². The largest absolute Gasteiger partial charge is 0.469 e. The van der Waals surface area contributed by atoms with Crippen molar-refractivity contribution in [3.63, 3.8) is 0 Å². The highest BCUT2D eigenvalue weighted by molar-refractivity contribution is 7.86. The van der Waals surface area contributed by atoms with Gasteiger partial charge in [0, 0.05) is 27.2 Å². The number of esters is 1. The van der Waals surface area contributed by atoms with E-state index >= 15 is 0 Å². The van der Waals surface area contributed by atoms with Crippen LogP contribution in [-0.4, -0.2) is 69.2 Å². The number of nitrogens with one attached hydrogen (secondary N) is 1. The van der Waals surface area contributed by atoms with Crippen molar-refractivity contribution in [2.75, 3.05) is 34.3 Å². The summed E-state index contributed by atoms with van der Waals surface area (Å²) in [5.74, 6) is -0.788. The lowest BCUT2D eigenvalue weighted by molar-refractivity contribution is -0.140. The van der Waals surface area contributed by atoms with Crippen LogP contribution in [0.2, 0.25) is 0 Å². The Morgan fingerprint density at radius 3 is 2.65 bits per heavy atom. The number of carbonyl (C=O) groups is 2. The zero-order chi connectivity index (χ0) is 15.3. The highest BCUT2D eigenvalue weighted by Gasteiger charge is 2.40. The lowest BCUT2D eigenvalue weighted by Crippen LogP contribution is -2.49. The van der Waals surface area contributed by atoms with Crippen LogP contribution < -0.4 is 5.32 Å². The standard InChI is InChI=1S/C11H21N3O5S/c1-12-11(16)9-5-4-7-14(9)20(17,18)13(2)8-6-10(15)19-3/h9H,4-8H2,1-3H3,(H,12,16). The van der Waals surface area contributed by atoms with Gasteiger partial charge in [0.1, 0.15) is 6.04 Å². The third-order valence-corrected chi connectivity index (χ3v) is 5.30. The van der Waals surface area contributed by atoms with E-state index < -0.39 is 22.2 Å². The summed E-state index contributed by atoms with van der Waals surface area (Å²) in [4.78, 5) is 22.8. The van der Waals surface area contributed by atoms with Crippen molar-refractivity contribution in [2.24, 2.45) is 0 Å². The summed E-state index contributed by atoms with van der Waals surface area (Å²) < 4.78 is 31.5. The smallest absolute Gasteiger partial charge is 0.306 e. The van der Waals surface area contributed by atoms with Crippen LogP contribution in [0.1, 0.15) is 19.3 Å². The first-order chi connectivity index (χ1) is 9.34. The fraction of sp³-hybridized carbons (Fsp3) is 0.818. The lowest BCUT2D eigenvalue weighted by Gasteiger charge is -2.27. The van der Waals surface area contributed by atoms with Gasteiger partial charge in [-0.25, -0.2) is 0 Å². The molecule has 1 N–H and O–H groups in total. The molecule has 1 aliphatic rings. The molecule has 0 aromatic carbocycles. The molecule has 1 saturated heterocycles. The molecule has 8 nitrogen and oxygen atoms in total. The summed E-state index contributed by atoms with van der Waals surface area (Å²) in [5, 5.41) is 2.47. The van der Waals surface area contributed by atoms with E-state index in [1.807, 2.05) is 0 Å². The van der Waals surface area contributed by atoms with Gasteiger partial charge in [-0.1, -0.05) is 0 Å². The fourth-order valence-corrected chi connectivity index (χ4v) is 3.65. The van der Waals surface area contributed by atoms with Gasteiger partial charge in [0.2, 0.25) is 5.91 Å². The number of hydrogen-bond acceptors (Lipinski definition) is 5. The highest BCUT2D eigenvalue weighted by atomic mass is 32.2. The number of methoxy groups -OCH3 is 1. The van der Waals surface area contributed by atoms with Crippen molar-refractivity contribution in [2.45, 2.75) is 25.3 Å². The van der Waals surface area contributed by atoms with Gasteiger partial charge in [0.05, 0.1) is 13.5 Å². The van der Waals surface area contributed by atoms with Gasteiger partial charge >= 0.3 is 5.97 Å². The molecule has 116 valence electrons. The molecule has 0 bridgehead atoms. The molecule has 1 unspecified atom stereocenters. The molecule has 1 rings (SSSR count). The van der Waals surface area contributed by atoms with Crippen LogP contribution in [0.4, 0.5) is 0 Å². The Morgan fingerprint density at radius 1 is 1.45 bits per heavy atom. The Hall–Kier alpha value is -1.19. The van der Waals surface area contributed by atoms with Crippen LogP contribution in [0, 0.1) is 0 Å². The first kappa shape index (κ1) is 16.9. The molecule has 0 aliphatic carbocycles. The third-order valence-electron chi connectivity index (χ3n) is 3.30. The molecule has 0 aromatic heterocycles. The van der Waals surface area contributed by atoms with Gasteiger partial charge in [-0.3, -0.25) is 9.59 Å². The summed E-state index contributed by atoms with van der Waals surface area (Å²) in [6.45, 7) is 0.328. The maximum Gasteiger partial charge on any atom is 0.306 e. The first-order valence-corrected chi connectivity index (χ1v) is 7.75. The Morgan fingerprint density at radius 2 is 2.10 bits per heavy atom. The molecule has 1 aliphatic heterocycles. The SMILES string of the molecule is CNC(=O)C1CCCN1S(=O)(=O)N(C)CCC(=O)OC. The fourth-order valence-electron chi connectivity index (χ4n) is 2.09. The van der Waals surface area contributed by atoms with Crippen molar-refractivity contribution >= 4 is 22.1 Å². The molecule has 9 heteroatoms. The number of rotatable bonds is 6. The van der Waals surface area contributed by atoms with Crippen LogP contribution in [-0.2, 0) is 24.5 Å². The van der Waals surface area contributed by atoms with Crippen molar-refractivity contribution in [1.82, 2.24) is 13.9 Å². The molecule has 0 radical (unpaired) electrons. The van der Waals surface area contributed by atoms with Crippen molar-refractivity contribution in [1.29, 1.82) is 0 Å². The molecular formula is C11H21N3O5S. The van der Waals surface area contributed by atoms with E-state index in [9.17, 15) is 18.0 Å². The molecule has 1 atom stereocenters. The van der Waals surface area contributed by atoms with Crippen LogP contribution in [0.3, 0.4) is 0 Å². The zero-order valence-corrected chi connectivity index (χ0v) is 12.8. The molecular weight excluding hydrogens is 286 g/mol. The summed E-state index contributed by atoms with van der Waals surface area (Å²) in [6, 6.07) is -0.675. The monoisotopic (exact) mass is 307 g/mol. The summed E-state index contributed by atoms with van der Waals surface area (Å²) >= 11 is 0. The Bertz CT molecular complexity index is 465. The number of amides is 1. The van der Waals surface area contributed by atoms with Crippen molar-refractivity contribution in [3.8, 4) is 0 Å². The highest BCUT2D eigenvalue weighted by Crippen LogP contribution is 2.23. The Balaban J connectivity index is 2.76. The minimum absolute atomic E-state index is 0.0198. The van der Waals surface area contributed by atoms with Crippen molar-refractivity contribution < 1.29 is 22.7 Å². The molecule has 0 aromatic rings. The van der Waals surface area contributed by atoms with Crippen LogP contribution in [0.15, 0.2) is 0 Å². The molecule has 20 heavy (non-hydrogen) atoms. The van der Waals surface area contributed by atoms with Crippen LogP contribution in [0.25, 0.3) is 0 Å². The van der Waals surface area contributed by atoms with E-state index in [2.05, 4.69) is 10.1 Å². The van der Waals surface area contributed by atoms with Gasteiger partial charge in [-0.05, 0) is 12.8 Å².